The molecule has 0 aliphatic heterocycles. The van der Waals surface area contributed by atoms with E-state index in [1.807, 2.05) is 6.92 Å². The second-order valence-corrected chi connectivity index (χ2v) is 6.13. The van der Waals surface area contributed by atoms with Crippen LogP contribution in [-0.4, -0.2) is 16.0 Å². The summed E-state index contributed by atoms with van der Waals surface area (Å²) in [4.78, 5) is 0. The molecule has 0 fully saturated rings. The van der Waals surface area contributed by atoms with E-state index in [0.29, 0.717) is 11.5 Å². The average Bonchev–Trinajstić information content (AvgIpc) is 2.12. The van der Waals surface area contributed by atoms with E-state index in [1.54, 1.807) is 0 Å². The van der Waals surface area contributed by atoms with Crippen molar-refractivity contribution < 1.29 is 4.21 Å². The van der Waals surface area contributed by atoms with Crippen LogP contribution in [0.5, 0.6) is 0 Å². The normalized spacial score (nSPS) is 14.8. The van der Waals surface area contributed by atoms with Crippen molar-refractivity contribution in [1.29, 1.82) is 0 Å². The van der Waals surface area contributed by atoms with Crippen LogP contribution in [0.1, 0.15) is 30.0 Å². The summed E-state index contributed by atoms with van der Waals surface area (Å²) in [6.45, 7) is 6.09. The van der Waals surface area contributed by atoms with Gasteiger partial charge in [-0.3, -0.25) is 4.21 Å². The summed E-state index contributed by atoms with van der Waals surface area (Å²) in [6, 6.07) is 6.49. The molecule has 0 radical (unpaired) electrons. The number of nitrogens with two attached hydrogens (primary N) is 1. The molecule has 0 aliphatic rings. The Morgan fingerprint density at radius 1 is 1.25 bits per heavy atom. The molecule has 2 atom stereocenters. The molecule has 1 aromatic rings. The highest BCUT2D eigenvalue weighted by Gasteiger charge is 2.04. The summed E-state index contributed by atoms with van der Waals surface area (Å²) in [5, 5.41) is 0. The van der Waals surface area contributed by atoms with Crippen molar-refractivity contribution in [2.45, 2.75) is 39.0 Å². The van der Waals surface area contributed by atoms with Crippen molar-refractivity contribution in [3.63, 3.8) is 0 Å². The van der Waals surface area contributed by atoms with Crippen molar-refractivity contribution in [3.8, 4) is 0 Å². The van der Waals surface area contributed by atoms with Crippen LogP contribution in [0.15, 0.2) is 18.2 Å². The van der Waals surface area contributed by atoms with Gasteiger partial charge in [0.15, 0.2) is 0 Å². The maximum absolute atomic E-state index is 11.8. The van der Waals surface area contributed by atoms with Crippen LogP contribution < -0.4 is 5.73 Å². The van der Waals surface area contributed by atoms with E-state index >= 15 is 0 Å². The molecule has 0 heterocycles. The zero-order chi connectivity index (χ0) is 12.1. The maximum atomic E-state index is 11.8. The number of benzene rings is 1. The predicted octanol–water partition coefficient (Wildman–Crippen LogP) is 2.29. The van der Waals surface area contributed by atoms with E-state index in [-0.39, 0.29) is 6.04 Å². The van der Waals surface area contributed by atoms with Crippen LogP contribution in [0.25, 0.3) is 0 Å². The quantitative estimate of drug-likeness (QED) is 0.856. The lowest BCUT2D eigenvalue weighted by atomic mass is 10.1. The van der Waals surface area contributed by atoms with E-state index in [2.05, 4.69) is 32.0 Å². The Hall–Kier alpha value is -0.670. The molecule has 0 aliphatic carbocycles. The summed E-state index contributed by atoms with van der Waals surface area (Å²) < 4.78 is 11.8. The van der Waals surface area contributed by atoms with Gasteiger partial charge in [0.2, 0.25) is 0 Å². The van der Waals surface area contributed by atoms with Gasteiger partial charge in [0.1, 0.15) is 0 Å². The molecule has 3 heteroatoms. The molecule has 0 aromatic heterocycles. The first-order valence-corrected chi connectivity index (χ1v) is 7.14. The van der Waals surface area contributed by atoms with Gasteiger partial charge in [-0.1, -0.05) is 29.3 Å². The minimum Gasteiger partial charge on any atom is -0.328 e. The van der Waals surface area contributed by atoms with Crippen LogP contribution in [-0.2, 0) is 16.6 Å². The third-order valence-electron chi connectivity index (χ3n) is 2.41. The summed E-state index contributed by atoms with van der Waals surface area (Å²) in [6.07, 6.45) is 0.831. The molecule has 2 N–H and O–H groups in total. The highest BCUT2D eigenvalue weighted by atomic mass is 32.2. The summed E-state index contributed by atoms with van der Waals surface area (Å²) in [5.41, 5.74) is 9.29. The van der Waals surface area contributed by atoms with Gasteiger partial charge in [0.25, 0.3) is 0 Å². The third-order valence-corrected chi connectivity index (χ3v) is 3.76. The second-order valence-electron chi connectivity index (χ2n) is 4.55. The van der Waals surface area contributed by atoms with E-state index in [4.69, 9.17) is 5.73 Å². The molecule has 0 bridgehead atoms. The Kier molecular flexibility index (Phi) is 5.16. The summed E-state index contributed by atoms with van der Waals surface area (Å²) in [5.74, 6) is 1.35. The minimum absolute atomic E-state index is 0.142. The molecular formula is C13H21NOS. The maximum Gasteiger partial charge on any atom is 0.0485 e. The Morgan fingerprint density at radius 2 is 1.81 bits per heavy atom. The van der Waals surface area contributed by atoms with Gasteiger partial charge in [-0.25, -0.2) is 0 Å². The zero-order valence-electron chi connectivity index (χ0n) is 10.3. The van der Waals surface area contributed by atoms with E-state index in [0.717, 1.165) is 6.42 Å². The summed E-state index contributed by atoms with van der Waals surface area (Å²) >= 11 is 0. The zero-order valence-corrected chi connectivity index (χ0v) is 11.1. The van der Waals surface area contributed by atoms with Gasteiger partial charge in [0, 0.05) is 28.3 Å². The van der Waals surface area contributed by atoms with Crippen LogP contribution in [0.3, 0.4) is 0 Å². The van der Waals surface area contributed by atoms with Crippen molar-refractivity contribution in [2.24, 2.45) is 5.73 Å². The molecule has 0 saturated carbocycles. The van der Waals surface area contributed by atoms with Crippen LogP contribution in [0, 0.1) is 13.8 Å². The number of aryl methyl sites for hydroxylation is 2. The molecule has 0 spiro atoms. The van der Waals surface area contributed by atoms with E-state index < -0.39 is 10.8 Å². The predicted molar refractivity (Wildman–Crippen MR) is 70.9 cm³/mol. The first-order chi connectivity index (χ1) is 7.47. The SMILES string of the molecule is Cc1cc(C)cc(CS(=O)CCC(C)N)c1. The third kappa shape index (κ3) is 4.90. The van der Waals surface area contributed by atoms with E-state index in [1.165, 1.54) is 16.7 Å². The number of hydrogen-bond donors (Lipinski definition) is 1. The molecule has 2 nitrogen and oxygen atoms in total. The van der Waals surface area contributed by atoms with Crippen LogP contribution in [0.4, 0.5) is 0 Å². The number of hydrogen-bond acceptors (Lipinski definition) is 2. The lowest BCUT2D eigenvalue weighted by Crippen LogP contribution is -2.18. The van der Waals surface area contributed by atoms with Gasteiger partial charge in [-0.15, -0.1) is 0 Å². The highest BCUT2D eigenvalue weighted by Crippen LogP contribution is 2.11. The molecule has 90 valence electrons. The monoisotopic (exact) mass is 239 g/mol. The van der Waals surface area contributed by atoms with Crippen molar-refractivity contribution in [1.82, 2.24) is 0 Å². The number of rotatable bonds is 5. The van der Waals surface area contributed by atoms with Gasteiger partial charge in [-0.05, 0) is 32.8 Å². The lowest BCUT2D eigenvalue weighted by molar-refractivity contribution is 0.667. The average molecular weight is 239 g/mol. The van der Waals surface area contributed by atoms with Gasteiger partial charge in [0.05, 0.1) is 0 Å². The first-order valence-electron chi connectivity index (χ1n) is 5.65. The lowest BCUT2D eigenvalue weighted by Gasteiger charge is -2.07. The molecule has 1 rings (SSSR count). The fourth-order valence-electron chi connectivity index (χ4n) is 1.73. The van der Waals surface area contributed by atoms with Gasteiger partial charge in [-0.2, -0.15) is 0 Å². The van der Waals surface area contributed by atoms with Crippen LogP contribution >= 0.6 is 0 Å². The minimum atomic E-state index is -0.788. The molecule has 16 heavy (non-hydrogen) atoms. The second kappa shape index (κ2) is 6.16. The van der Waals surface area contributed by atoms with Crippen molar-refractivity contribution >= 4 is 10.8 Å². The standard InChI is InChI=1S/C13H21NOS/c1-10-6-11(2)8-13(7-10)9-16(15)5-4-12(3)14/h6-8,12H,4-5,9,14H2,1-3H3. The first kappa shape index (κ1) is 13.4. The van der Waals surface area contributed by atoms with Gasteiger partial charge < -0.3 is 5.73 Å². The summed E-state index contributed by atoms with van der Waals surface area (Å²) in [7, 11) is -0.788. The Morgan fingerprint density at radius 3 is 2.31 bits per heavy atom. The van der Waals surface area contributed by atoms with Crippen molar-refractivity contribution in [2.75, 3.05) is 5.75 Å². The largest absolute Gasteiger partial charge is 0.328 e. The highest BCUT2D eigenvalue weighted by molar-refractivity contribution is 7.84. The molecule has 2 unspecified atom stereocenters. The molecule has 0 amide bonds. The Bertz CT molecular complexity index is 354. The Labute approximate surface area is 101 Å². The molecule has 0 saturated heterocycles. The smallest absolute Gasteiger partial charge is 0.0485 e. The topological polar surface area (TPSA) is 43.1 Å². The molecular weight excluding hydrogens is 218 g/mol. The van der Waals surface area contributed by atoms with Crippen LogP contribution in [0.2, 0.25) is 0 Å². The van der Waals surface area contributed by atoms with Gasteiger partial charge >= 0.3 is 0 Å². The fourth-order valence-corrected chi connectivity index (χ4v) is 3.05. The Balaban J connectivity index is 2.56. The fraction of sp³-hybridized carbons (Fsp3) is 0.538. The van der Waals surface area contributed by atoms with Crippen molar-refractivity contribution in [3.05, 3.63) is 34.9 Å². The molecule has 1 aromatic carbocycles. The van der Waals surface area contributed by atoms with E-state index in [9.17, 15) is 4.21 Å².